The Hall–Kier alpha value is -1.62. The summed E-state index contributed by atoms with van der Waals surface area (Å²) in [7, 11) is 0. The number of nitrogens with one attached hydrogen (secondary N) is 1. The quantitative estimate of drug-likeness (QED) is 0.584. The molecule has 29 heavy (non-hydrogen) atoms. The molecule has 1 aromatic rings. The molecular weight excluding hydrogens is 358 g/mol. The van der Waals surface area contributed by atoms with E-state index >= 15 is 0 Å². The highest BCUT2D eigenvalue weighted by molar-refractivity contribution is 5.42. The maximum atomic E-state index is 4.82. The van der Waals surface area contributed by atoms with Crippen LogP contribution in [0, 0.1) is 5.92 Å². The molecule has 0 aromatic carbocycles. The number of hydrogen-bond acceptors (Lipinski definition) is 5. The van der Waals surface area contributed by atoms with Gasteiger partial charge < -0.3 is 10.2 Å². The van der Waals surface area contributed by atoms with Gasteiger partial charge in [0.15, 0.2) is 0 Å². The molecule has 2 atom stereocenters. The summed E-state index contributed by atoms with van der Waals surface area (Å²) in [5.41, 5.74) is 1.43. The third kappa shape index (κ3) is 7.29. The van der Waals surface area contributed by atoms with Gasteiger partial charge in [0.2, 0.25) is 5.95 Å². The Balaban J connectivity index is 1.48. The van der Waals surface area contributed by atoms with Gasteiger partial charge in [-0.3, -0.25) is 4.90 Å². The fourth-order valence-corrected chi connectivity index (χ4v) is 4.63. The Labute approximate surface area is 178 Å². The number of allylic oxidation sites excluding steroid dienone is 2. The van der Waals surface area contributed by atoms with E-state index in [0.717, 1.165) is 37.3 Å². The van der Waals surface area contributed by atoms with Gasteiger partial charge in [-0.25, -0.2) is 4.98 Å². The summed E-state index contributed by atoms with van der Waals surface area (Å²) in [6.07, 6.45) is 14.6. The van der Waals surface area contributed by atoms with Crippen LogP contribution in [0.2, 0.25) is 0 Å². The zero-order valence-electron chi connectivity index (χ0n) is 18.9. The van der Waals surface area contributed by atoms with Crippen LogP contribution in [0.5, 0.6) is 0 Å². The predicted octanol–water partition coefficient (Wildman–Crippen LogP) is 5.12. The van der Waals surface area contributed by atoms with Gasteiger partial charge in [-0.05, 0) is 70.9 Å². The Morgan fingerprint density at radius 3 is 2.72 bits per heavy atom. The zero-order chi connectivity index (χ0) is 20.5. The minimum Gasteiger partial charge on any atom is -0.356 e. The monoisotopic (exact) mass is 399 g/mol. The van der Waals surface area contributed by atoms with Crippen LogP contribution < -0.4 is 10.2 Å². The molecule has 2 aliphatic rings. The largest absolute Gasteiger partial charge is 0.356 e. The molecule has 2 saturated heterocycles. The van der Waals surface area contributed by atoms with Crippen molar-refractivity contribution in [2.24, 2.45) is 5.92 Å². The van der Waals surface area contributed by atoms with Crippen molar-refractivity contribution in [3.8, 4) is 0 Å². The highest BCUT2D eigenvalue weighted by Crippen LogP contribution is 2.22. The average molecular weight is 400 g/mol. The lowest BCUT2D eigenvalue weighted by molar-refractivity contribution is 0.222. The number of aromatic nitrogens is 2. The number of likely N-dealkylation sites (tertiary alicyclic amines) is 1. The summed E-state index contributed by atoms with van der Waals surface area (Å²) in [5, 5.41) is 3.54. The Kier molecular flexibility index (Phi) is 8.78. The molecule has 0 saturated carbocycles. The Morgan fingerprint density at radius 1 is 1.17 bits per heavy atom. The molecule has 0 spiro atoms. The zero-order valence-corrected chi connectivity index (χ0v) is 18.9. The van der Waals surface area contributed by atoms with Crippen LogP contribution in [0.25, 0.3) is 0 Å². The summed E-state index contributed by atoms with van der Waals surface area (Å²) in [5.74, 6) is 2.62. The fraction of sp³-hybridized carbons (Fsp3) is 0.750. The molecule has 3 rings (SSSR count). The fourth-order valence-electron chi connectivity index (χ4n) is 4.63. The number of anilines is 2. The van der Waals surface area contributed by atoms with Gasteiger partial charge in [0, 0.05) is 38.4 Å². The van der Waals surface area contributed by atoms with E-state index in [-0.39, 0.29) is 0 Å². The van der Waals surface area contributed by atoms with E-state index in [1.807, 2.05) is 6.20 Å². The molecule has 162 valence electrons. The number of nitrogens with zero attached hydrogens (tertiary/aromatic N) is 4. The summed E-state index contributed by atoms with van der Waals surface area (Å²) in [6, 6.07) is 2.67. The van der Waals surface area contributed by atoms with Crippen LogP contribution in [0.1, 0.15) is 72.1 Å². The Bertz CT molecular complexity index is 632. The molecule has 2 unspecified atom stereocenters. The van der Waals surface area contributed by atoms with Gasteiger partial charge in [-0.2, -0.15) is 4.98 Å². The van der Waals surface area contributed by atoms with Gasteiger partial charge >= 0.3 is 0 Å². The first-order valence-corrected chi connectivity index (χ1v) is 11.8. The lowest BCUT2D eigenvalue weighted by Crippen LogP contribution is -2.38. The van der Waals surface area contributed by atoms with Crippen molar-refractivity contribution in [1.82, 2.24) is 14.9 Å². The molecule has 1 aromatic heterocycles. The second-order valence-electron chi connectivity index (χ2n) is 9.28. The van der Waals surface area contributed by atoms with E-state index in [1.165, 1.54) is 70.0 Å². The highest BCUT2D eigenvalue weighted by atomic mass is 15.2. The second-order valence-corrected chi connectivity index (χ2v) is 9.28. The smallest absolute Gasteiger partial charge is 0.224 e. The van der Waals surface area contributed by atoms with E-state index in [9.17, 15) is 0 Å². The molecule has 3 heterocycles. The van der Waals surface area contributed by atoms with Crippen LogP contribution in [0.15, 0.2) is 23.9 Å². The first-order chi connectivity index (χ1) is 14.1. The predicted molar refractivity (Wildman–Crippen MR) is 124 cm³/mol. The van der Waals surface area contributed by atoms with Crippen molar-refractivity contribution in [3.05, 3.63) is 23.9 Å². The van der Waals surface area contributed by atoms with Crippen LogP contribution in [0.4, 0.5) is 11.8 Å². The van der Waals surface area contributed by atoms with Crippen molar-refractivity contribution in [2.45, 2.75) is 78.2 Å². The van der Waals surface area contributed by atoms with Crippen LogP contribution in [-0.2, 0) is 0 Å². The highest BCUT2D eigenvalue weighted by Gasteiger charge is 2.25. The maximum absolute atomic E-state index is 4.82. The van der Waals surface area contributed by atoms with E-state index in [4.69, 9.17) is 4.98 Å². The molecular formula is C24H41N5. The van der Waals surface area contributed by atoms with Crippen molar-refractivity contribution < 1.29 is 0 Å². The van der Waals surface area contributed by atoms with E-state index < -0.39 is 0 Å². The van der Waals surface area contributed by atoms with Gasteiger partial charge in [0.1, 0.15) is 5.82 Å². The second kappa shape index (κ2) is 11.5. The summed E-state index contributed by atoms with van der Waals surface area (Å²) in [6.45, 7) is 12.4. The third-order valence-corrected chi connectivity index (χ3v) is 6.32. The van der Waals surface area contributed by atoms with Crippen molar-refractivity contribution in [1.29, 1.82) is 0 Å². The first-order valence-electron chi connectivity index (χ1n) is 11.8. The SMILES string of the molecule is CC(C)=CCCC(C)CN1CCCC1CNc1nccc(N2CCCCCC2)n1. The topological polar surface area (TPSA) is 44.3 Å². The summed E-state index contributed by atoms with van der Waals surface area (Å²) in [4.78, 5) is 14.4. The lowest BCUT2D eigenvalue weighted by atomic mass is 10.0. The molecule has 0 aliphatic carbocycles. The van der Waals surface area contributed by atoms with Gasteiger partial charge in [-0.15, -0.1) is 0 Å². The average Bonchev–Trinajstić information content (AvgIpc) is 2.96. The molecule has 0 amide bonds. The summed E-state index contributed by atoms with van der Waals surface area (Å²) < 4.78 is 0. The van der Waals surface area contributed by atoms with E-state index in [0.29, 0.717) is 6.04 Å². The maximum Gasteiger partial charge on any atom is 0.224 e. The molecule has 5 heteroatoms. The molecule has 2 aliphatic heterocycles. The van der Waals surface area contributed by atoms with Gasteiger partial charge in [0.25, 0.3) is 0 Å². The standard InChI is InChI=1S/C24H41N5/c1-20(2)10-8-11-21(3)19-29-17-9-12-22(29)18-26-24-25-14-13-23(27-24)28-15-6-4-5-7-16-28/h10,13-14,21-22H,4-9,11-12,15-19H2,1-3H3,(H,25,26,27). The van der Waals surface area contributed by atoms with E-state index in [1.54, 1.807) is 0 Å². The minimum atomic E-state index is 0.603. The van der Waals surface area contributed by atoms with Crippen molar-refractivity contribution >= 4 is 11.8 Å². The molecule has 1 N–H and O–H groups in total. The van der Waals surface area contributed by atoms with Crippen molar-refractivity contribution in [2.75, 3.05) is 42.9 Å². The molecule has 0 bridgehead atoms. The molecule has 5 nitrogen and oxygen atoms in total. The van der Waals surface area contributed by atoms with Crippen molar-refractivity contribution in [3.63, 3.8) is 0 Å². The Morgan fingerprint density at radius 2 is 1.97 bits per heavy atom. The first kappa shape index (κ1) is 22.1. The lowest BCUT2D eigenvalue weighted by Gasteiger charge is -2.27. The normalized spacial score (nSPS) is 21.6. The molecule has 2 fully saturated rings. The van der Waals surface area contributed by atoms with Gasteiger partial charge in [-0.1, -0.05) is 31.4 Å². The number of rotatable bonds is 9. The third-order valence-electron chi connectivity index (χ3n) is 6.32. The summed E-state index contributed by atoms with van der Waals surface area (Å²) >= 11 is 0. The van der Waals surface area contributed by atoms with Gasteiger partial charge in [0.05, 0.1) is 0 Å². The van der Waals surface area contributed by atoms with Crippen LogP contribution in [-0.4, -0.2) is 53.6 Å². The minimum absolute atomic E-state index is 0.603. The van der Waals surface area contributed by atoms with Crippen LogP contribution in [0.3, 0.4) is 0 Å². The van der Waals surface area contributed by atoms with Crippen LogP contribution >= 0.6 is 0 Å². The van der Waals surface area contributed by atoms with E-state index in [2.05, 4.69) is 53.0 Å². The molecule has 0 radical (unpaired) electrons. The number of hydrogen-bond donors (Lipinski definition) is 1.